The van der Waals surface area contributed by atoms with Crippen molar-refractivity contribution in [3.63, 3.8) is 0 Å². The molecule has 0 radical (unpaired) electrons. The molecule has 0 fully saturated rings. The Morgan fingerprint density at radius 3 is 0.935 bits per heavy atom. The van der Waals surface area contributed by atoms with Crippen molar-refractivity contribution in [2.24, 2.45) is 0 Å². The summed E-state index contributed by atoms with van der Waals surface area (Å²) in [6.45, 7) is 14.8. The largest absolute Gasteiger partial charge is 0.282 e. The zero-order valence-corrected chi connectivity index (χ0v) is 31.8. The summed E-state index contributed by atoms with van der Waals surface area (Å²) in [4.78, 5) is 2.94. The fourth-order valence-electron chi connectivity index (χ4n) is 7.96. The summed E-state index contributed by atoms with van der Waals surface area (Å²) in [6.07, 6.45) is 33.4. The molecule has 2 aromatic rings. The Hall–Kier alpha value is -1.60. The van der Waals surface area contributed by atoms with Crippen molar-refractivity contribution in [1.82, 2.24) is 4.90 Å². The van der Waals surface area contributed by atoms with E-state index in [1.165, 1.54) is 165 Å². The van der Waals surface area contributed by atoms with E-state index >= 15 is 0 Å². The highest BCUT2D eigenvalue weighted by molar-refractivity contribution is 5.33. The van der Waals surface area contributed by atoms with Crippen LogP contribution in [0.4, 0.5) is 0 Å². The minimum atomic E-state index is 0.0941. The van der Waals surface area contributed by atoms with E-state index in [0.29, 0.717) is 0 Å². The molecule has 2 aromatic carbocycles. The highest BCUT2D eigenvalue weighted by Crippen LogP contribution is 2.43. The van der Waals surface area contributed by atoms with Crippen molar-refractivity contribution in [2.75, 3.05) is 0 Å². The molecule has 0 unspecified atom stereocenters. The average Bonchev–Trinajstić information content (AvgIpc) is 3.05. The molecule has 0 bridgehead atoms. The third-order valence-electron chi connectivity index (χ3n) is 10.6. The van der Waals surface area contributed by atoms with Crippen molar-refractivity contribution in [1.29, 1.82) is 0 Å². The SMILES string of the molecule is CCCCCCCCCCCCCC(C)(C)N(C(c1ccccc1)c1ccccc1)C(C)(C)CCCCCCCCCCCCC. The van der Waals surface area contributed by atoms with Crippen LogP contribution in [0.1, 0.15) is 213 Å². The first-order valence-corrected chi connectivity index (χ1v) is 20.2. The highest BCUT2D eigenvalue weighted by Gasteiger charge is 2.42. The number of nitrogens with zero attached hydrogens (tertiary/aromatic N) is 1. The maximum absolute atomic E-state index is 2.94. The van der Waals surface area contributed by atoms with Gasteiger partial charge in [0.25, 0.3) is 0 Å². The molecule has 0 saturated heterocycles. The number of benzene rings is 2. The van der Waals surface area contributed by atoms with Gasteiger partial charge in [-0.15, -0.1) is 0 Å². The van der Waals surface area contributed by atoms with Crippen molar-refractivity contribution in [3.8, 4) is 0 Å². The van der Waals surface area contributed by atoms with Crippen LogP contribution in [-0.2, 0) is 0 Å². The van der Waals surface area contributed by atoms with Crippen LogP contribution in [-0.4, -0.2) is 16.0 Å². The van der Waals surface area contributed by atoms with Gasteiger partial charge in [0.05, 0.1) is 6.04 Å². The van der Waals surface area contributed by atoms with Gasteiger partial charge in [0.1, 0.15) is 0 Å². The third kappa shape index (κ3) is 16.5. The number of unbranched alkanes of at least 4 members (excludes halogenated alkanes) is 20. The predicted molar refractivity (Wildman–Crippen MR) is 207 cm³/mol. The van der Waals surface area contributed by atoms with E-state index in [9.17, 15) is 0 Å². The lowest BCUT2D eigenvalue weighted by atomic mass is 9.81. The third-order valence-corrected chi connectivity index (χ3v) is 10.6. The summed E-state index contributed by atoms with van der Waals surface area (Å²) in [7, 11) is 0. The van der Waals surface area contributed by atoms with Crippen molar-refractivity contribution < 1.29 is 0 Å². The Bertz CT molecular complexity index is 868. The summed E-state index contributed by atoms with van der Waals surface area (Å²) >= 11 is 0. The van der Waals surface area contributed by atoms with E-state index in [-0.39, 0.29) is 17.1 Å². The van der Waals surface area contributed by atoms with E-state index in [0.717, 1.165) is 0 Å². The lowest BCUT2D eigenvalue weighted by molar-refractivity contribution is -0.0241. The van der Waals surface area contributed by atoms with Gasteiger partial charge in [-0.25, -0.2) is 0 Å². The maximum Gasteiger partial charge on any atom is 0.0611 e. The standard InChI is InChI=1S/C45H77N/c1-7-9-11-13-15-17-19-21-23-25-33-39-44(3,4)46(43(41-35-29-27-30-36-41)42-37-31-28-32-38-42)45(5,6)40-34-26-24-22-20-18-16-14-12-10-8-2/h27-32,35-38,43H,7-26,33-34,39-40H2,1-6H3. The fourth-order valence-corrected chi connectivity index (χ4v) is 7.96. The topological polar surface area (TPSA) is 3.24 Å². The quantitative estimate of drug-likeness (QED) is 0.0807. The normalized spacial score (nSPS) is 12.4. The van der Waals surface area contributed by atoms with Crippen LogP contribution < -0.4 is 0 Å². The van der Waals surface area contributed by atoms with Crippen LogP contribution in [0.2, 0.25) is 0 Å². The van der Waals surface area contributed by atoms with E-state index in [1.807, 2.05) is 0 Å². The van der Waals surface area contributed by atoms with Gasteiger partial charge >= 0.3 is 0 Å². The average molecular weight is 632 g/mol. The molecule has 0 aromatic heterocycles. The molecule has 1 heteroatoms. The minimum Gasteiger partial charge on any atom is -0.282 e. The first-order valence-electron chi connectivity index (χ1n) is 20.2. The molecule has 262 valence electrons. The number of hydrogen-bond acceptors (Lipinski definition) is 1. The molecule has 0 amide bonds. The van der Waals surface area contributed by atoms with Gasteiger partial charge in [0.15, 0.2) is 0 Å². The Morgan fingerprint density at radius 1 is 0.391 bits per heavy atom. The van der Waals surface area contributed by atoms with E-state index in [1.54, 1.807) is 0 Å². The first-order chi connectivity index (χ1) is 22.3. The van der Waals surface area contributed by atoms with E-state index in [4.69, 9.17) is 0 Å². The maximum atomic E-state index is 2.94. The molecular weight excluding hydrogens is 555 g/mol. The van der Waals surface area contributed by atoms with Gasteiger partial charge in [-0.3, -0.25) is 4.90 Å². The zero-order valence-electron chi connectivity index (χ0n) is 31.8. The molecule has 1 nitrogen and oxygen atoms in total. The fraction of sp³-hybridized carbons (Fsp3) is 0.733. The summed E-state index contributed by atoms with van der Waals surface area (Å²) < 4.78 is 0. The summed E-state index contributed by atoms with van der Waals surface area (Å²) in [5.41, 5.74) is 3.04. The summed E-state index contributed by atoms with van der Waals surface area (Å²) in [6, 6.07) is 23.0. The van der Waals surface area contributed by atoms with Crippen molar-refractivity contribution in [2.45, 2.75) is 213 Å². The van der Waals surface area contributed by atoms with Crippen LogP contribution in [0.15, 0.2) is 60.7 Å². The second-order valence-electron chi connectivity index (χ2n) is 15.8. The number of rotatable bonds is 29. The molecular formula is C45H77N. The van der Waals surface area contributed by atoms with Crippen molar-refractivity contribution in [3.05, 3.63) is 71.8 Å². The smallest absolute Gasteiger partial charge is 0.0611 e. The Kier molecular flexibility index (Phi) is 21.6. The Balaban J connectivity index is 2.02. The van der Waals surface area contributed by atoms with Gasteiger partial charge in [-0.1, -0.05) is 216 Å². The molecule has 0 atom stereocenters. The van der Waals surface area contributed by atoms with Gasteiger partial charge in [0.2, 0.25) is 0 Å². The molecule has 0 N–H and O–H groups in total. The number of hydrogen-bond donors (Lipinski definition) is 0. The van der Waals surface area contributed by atoms with E-state index in [2.05, 4.69) is 107 Å². The molecule has 0 aliphatic carbocycles. The lowest BCUT2D eigenvalue weighted by Crippen LogP contribution is -2.57. The molecule has 0 heterocycles. The second kappa shape index (κ2) is 24.5. The van der Waals surface area contributed by atoms with Crippen LogP contribution in [0.5, 0.6) is 0 Å². The monoisotopic (exact) mass is 632 g/mol. The predicted octanol–water partition coefficient (Wildman–Crippen LogP) is 15.0. The molecule has 0 aliphatic rings. The molecule has 0 aliphatic heterocycles. The highest BCUT2D eigenvalue weighted by atomic mass is 15.3. The zero-order chi connectivity index (χ0) is 33.4. The van der Waals surface area contributed by atoms with Gasteiger partial charge in [-0.05, 0) is 51.7 Å². The van der Waals surface area contributed by atoms with Crippen LogP contribution in [0, 0.1) is 0 Å². The molecule has 0 saturated carbocycles. The molecule has 0 spiro atoms. The second-order valence-corrected chi connectivity index (χ2v) is 15.8. The minimum absolute atomic E-state index is 0.0941. The van der Waals surface area contributed by atoms with Crippen LogP contribution >= 0.6 is 0 Å². The summed E-state index contributed by atoms with van der Waals surface area (Å²) in [5.74, 6) is 0. The van der Waals surface area contributed by atoms with Gasteiger partial charge < -0.3 is 0 Å². The summed E-state index contributed by atoms with van der Waals surface area (Å²) in [5, 5.41) is 0. The first kappa shape index (κ1) is 40.6. The van der Waals surface area contributed by atoms with Crippen LogP contribution in [0.25, 0.3) is 0 Å². The van der Waals surface area contributed by atoms with Crippen molar-refractivity contribution >= 4 is 0 Å². The van der Waals surface area contributed by atoms with E-state index < -0.39 is 0 Å². The molecule has 2 rings (SSSR count). The Labute approximate surface area is 288 Å². The lowest BCUT2D eigenvalue weighted by Gasteiger charge is -2.53. The van der Waals surface area contributed by atoms with Crippen LogP contribution in [0.3, 0.4) is 0 Å². The Morgan fingerprint density at radius 2 is 0.652 bits per heavy atom. The van der Waals surface area contributed by atoms with Gasteiger partial charge in [0, 0.05) is 11.1 Å². The van der Waals surface area contributed by atoms with Gasteiger partial charge in [-0.2, -0.15) is 0 Å². The molecule has 46 heavy (non-hydrogen) atoms.